The van der Waals surface area contributed by atoms with Gasteiger partial charge in [-0.3, -0.25) is 0 Å². The quantitative estimate of drug-likeness (QED) is 0.521. The Morgan fingerprint density at radius 2 is 1.89 bits per heavy atom. The first-order valence-electron chi connectivity index (χ1n) is 9.42. The van der Waals surface area contributed by atoms with E-state index in [-0.39, 0.29) is 5.54 Å². The number of benzene rings is 2. The number of aryl methyl sites for hydroxylation is 2. The van der Waals surface area contributed by atoms with E-state index >= 15 is 0 Å². The Kier molecular flexibility index (Phi) is 4.31. The smallest absolute Gasteiger partial charge is 0.142 e. The van der Waals surface area contributed by atoms with E-state index in [1.807, 2.05) is 37.3 Å². The van der Waals surface area contributed by atoms with Crippen LogP contribution in [0.15, 0.2) is 40.9 Å². The normalized spacial score (nSPS) is 18.1. The van der Waals surface area contributed by atoms with Crippen LogP contribution in [0.4, 0.5) is 5.69 Å². The number of nitrogens with zero attached hydrogens (tertiary/aromatic N) is 1. The summed E-state index contributed by atoms with van der Waals surface area (Å²) in [5, 5.41) is 8.82. The molecule has 1 unspecified atom stereocenters. The second kappa shape index (κ2) is 6.42. The van der Waals surface area contributed by atoms with Gasteiger partial charge in [-0.25, -0.2) is 0 Å². The van der Waals surface area contributed by atoms with E-state index in [1.54, 1.807) is 0 Å². The number of hydrogen-bond acceptors (Lipinski definition) is 3. The molecule has 0 fully saturated rings. The maximum atomic E-state index is 7.00. The fraction of sp³-hybridized carbons (Fsp3) is 0.348. The zero-order valence-electron chi connectivity index (χ0n) is 16.5. The predicted molar refractivity (Wildman–Crippen MR) is 113 cm³/mol. The van der Waals surface area contributed by atoms with Gasteiger partial charge in [-0.2, -0.15) is 0 Å². The molecule has 0 spiro atoms. The first kappa shape index (κ1) is 18.1. The van der Waals surface area contributed by atoms with E-state index < -0.39 is 0 Å². The van der Waals surface area contributed by atoms with E-state index in [0.29, 0.717) is 5.92 Å². The summed E-state index contributed by atoms with van der Waals surface area (Å²) in [7, 11) is 0. The molecule has 2 heterocycles. The van der Waals surface area contributed by atoms with Gasteiger partial charge in [0, 0.05) is 22.4 Å². The van der Waals surface area contributed by atoms with Gasteiger partial charge in [-0.1, -0.05) is 54.0 Å². The number of fused-ring (bicyclic) bond motifs is 1. The topological polar surface area (TPSA) is 38.1 Å². The van der Waals surface area contributed by atoms with Crippen LogP contribution in [0, 0.1) is 13.8 Å². The molecular formula is C23H25ClN2O. The molecule has 0 bridgehead atoms. The van der Waals surface area contributed by atoms with Crippen molar-refractivity contribution < 1.29 is 4.52 Å². The molecule has 0 aliphatic carbocycles. The second-order valence-corrected chi connectivity index (χ2v) is 8.66. The third-order valence-corrected chi connectivity index (χ3v) is 5.86. The lowest BCUT2D eigenvalue weighted by molar-refractivity contribution is 0.400. The first-order chi connectivity index (χ1) is 12.8. The molecule has 0 radical (unpaired) electrons. The molecule has 0 amide bonds. The van der Waals surface area contributed by atoms with Crippen LogP contribution in [0.5, 0.6) is 0 Å². The van der Waals surface area contributed by atoms with Gasteiger partial charge in [0.2, 0.25) is 0 Å². The van der Waals surface area contributed by atoms with Crippen molar-refractivity contribution in [1.82, 2.24) is 5.16 Å². The van der Waals surface area contributed by atoms with Crippen molar-refractivity contribution in [3.05, 3.63) is 58.3 Å². The van der Waals surface area contributed by atoms with Gasteiger partial charge in [0.1, 0.15) is 11.5 Å². The van der Waals surface area contributed by atoms with Gasteiger partial charge >= 0.3 is 0 Å². The summed E-state index contributed by atoms with van der Waals surface area (Å²) in [6.07, 6.45) is 1.04. The van der Waals surface area contributed by atoms with Gasteiger partial charge in [-0.05, 0) is 57.2 Å². The van der Waals surface area contributed by atoms with Crippen LogP contribution in [-0.2, 0) is 0 Å². The van der Waals surface area contributed by atoms with E-state index in [1.165, 1.54) is 16.8 Å². The first-order valence-corrected chi connectivity index (χ1v) is 9.79. The van der Waals surface area contributed by atoms with Crippen LogP contribution in [0.3, 0.4) is 0 Å². The highest BCUT2D eigenvalue weighted by atomic mass is 35.5. The van der Waals surface area contributed by atoms with Gasteiger partial charge in [0.15, 0.2) is 0 Å². The number of halogens is 1. The Morgan fingerprint density at radius 3 is 2.59 bits per heavy atom. The van der Waals surface area contributed by atoms with Crippen molar-refractivity contribution in [2.75, 3.05) is 5.32 Å². The Balaban J connectivity index is 1.95. The molecule has 1 N–H and O–H groups in total. The standard InChI is InChI=1S/C23H25ClN2O/c1-13-11-17(20(24)18-14(2)12-23(4,5)25-21(13)18)19-15(3)27-26-22(19)16-9-7-6-8-10-16/h6-11,14,25H,12H2,1-5H3. The largest absolute Gasteiger partial charge is 0.380 e. The van der Waals surface area contributed by atoms with Crippen LogP contribution >= 0.6 is 11.6 Å². The van der Waals surface area contributed by atoms with Crippen LogP contribution in [0.1, 0.15) is 50.0 Å². The monoisotopic (exact) mass is 380 g/mol. The highest BCUT2D eigenvalue weighted by Gasteiger charge is 2.33. The molecule has 2 aromatic carbocycles. The molecule has 0 saturated carbocycles. The molecule has 4 heteroatoms. The molecule has 1 aromatic heterocycles. The summed E-state index contributed by atoms with van der Waals surface area (Å²) in [4.78, 5) is 0. The third-order valence-electron chi connectivity index (χ3n) is 5.45. The van der Waals surface area contributed by atoms with Crippen molar-refractivity contribution in [1.29, 1.82) is 0 Å². The lowest BCUT2D eigenvalue weighted by atomic mass is 9.79. The number of anilines is 1. The second-order valence-electron chi connectivity index (χ2n) is 8.29. The molecule has 1 aliphatic rings. The van der Waals surface area contributed by atoms with E-state index in [0.717, 1.165) is 39.6 Å². The number of rotatable bonds is 2. The molecule has 140 valence electrons. The van der Waals surface area contributed by atoms with Crippen LogP contribution in [0.25, 0.3) is 22.4 Å². The zero-order valence-corrected chi connectivity index (χ0v) is 17.2. The van der Waals surface area contributed by atoms with E-state index in [4.69, 9.17) is 16.1 Å². The Morgan fingerprint density at radius 1 is 1.19 bits per heavy atom. The third kappa shape index (κ3) is 3.04. The molecule has 27 heavy (non-hydrogen) atoms. The molecule has 0 saturated heterocycles. The Hall–Kier alpha value is -2.26. The van der Waals surface area contributed by atoms with Gasteiger partial charge in [0.25, 0.3) is 0 Å². The SMILES string of the molecule is Cc1cc(-c2c(-c3ccccc3)noc2C)c(Cl)c2c1NC(C)(C)CC2C. The van der Waals surface area contributed by atoms with Crippen molar-refractivity contribution in [2.45, 2.75) is 52.5 Å². The molecular weight excluding hydrogens is 356 g/mol. The summed E-state index contributed by atoms with van der Waals surface area (Å²) in [6, 6.07) is 12.3. The lowest BCUT2D eigenvalue weighted by Gasteiger charge is -2.39. The highest BCUT2D eigenvalue weighted by Crippen LogP contribution is 2.49. The molecule has 3 aromatic rings. The summed E-state index contributed by atoms with van der Waals surface area (Å²) in [6.45, 7) is 10.8. The fourth-order valence-electron chi connectivity index (χ4n) is 4.37. The van der Waals surface area contributed by atoms with Gasteiger partial charge in [0.05, 0.1) is 10.6 Å². The number of nitrogens with one attached hydrogen (secondary N) is 1. The minimum atomic E-state index is 0.0599. The molecule has 4 rings (SSSR count). The Labute approximate surface area is 165 Å². The average molecular weight is 381 g/mol. The van der Waals surface area contributed by atoms with Gasteiger partial charge in [-0.15, -0.1) is 0 Å². The summed E-state index contributed by atoms with van der Waals surface area (Å²) in [5.41, 5.74) is 7.48. The summed E-state index contributed by atoms with van der Waals surface area (Å²) < 4.78 is 5.58. The maximum Gasteiger partial charge on any atom is 0.142 e. The van der Waals surface area contributed by atoms with Crippen LogP contribution < -0.4 is 5.32 Å². The van der Waals surface area contributed by atoms with Crippen molar-refractivity contribution >= 4 is 17.3 Å². The lowest BCUT2D eigenvalue weighted by Crippen LogP contribution is -2.37. The molecule has 1 atom stereocenters. The zero-order chi connectivity index (χ0) is 19.3. The van der Waals surface area contributed by atoms with E-state index in [9.17, 15) is 0 Å². The summed E-state index contributed by atoms with van der Waals surface area (Å²) in [5.74, 6) is 1.16. The number of aromatic nitrogens is 1. The minimum absolute atomic E-state index is 0.0599. The maximum absolute atomic E-state index is 7.00. The summed E-state index contributed by atoms with van der Waals surface area (Å²) >= 11 is 7.00. The molecule has 1 aliphatic heterocycles. The highest BCUT2D eigenvalue weighted by molar-refractivity contribution is 6.35. The van der Waals surface area contributed by atoms with Crippen LogP contribution in [-0.4, -0.2) is 10.7 Å². The van der Waals surface area contributed by atoms with Gasteiger partial charge < -0.3 is 9.84 Å². The molecule has 3 nitrogen and oxygen atoms in total. The fourth-order valence-corrected chi connectivity index (χ4v) is 4.80. The van der Waals surface area contributed by atoms with Crippen molar-refractivity contribution in [3.8, 4) is 22.4 Å². The average Bonchev–Trinajstić information content (AvgIpc) is 2.99. The number of hydrogen-bond donors (Lipinski definition) is 1. The van der Waals surface area contributed by atoms with Crippen LogP contribution in [0.2, 0.25) is 5.02 Å². The van der Waals surface area contributed by atoms with Crippen molar-refractivity contribution in [3.63, 3.8) is 0 Å². The van der Waals surface area contributed by atoms with Crippen molar-refractivity contribution in [2.24, 2.45) is 0 Å². The Bertz CT molecular complexity index is 1000. The van der Waals surface area contributed by atoms with E-state index in [2.05, 4.69) is 44.2 Å². The predicted octanol–water partition coefficient (Wildman–Crippen LogP) is 6.98. The minimum Gasteiger partial charge on any atom is -0.380 e.